The zero-order valence-corrected chi connectivity index (χ0v) is 15.4. The number of anilines is 1. The number of thiophene rings is 1. The molecule has 4 rings (SSSR count). The number of halogens is 1. The van der Waals surface area contributed by atoms with E-state index in [1.54, 1.807) is 11.3 Å². The summed E-state index contributed by atoms with van der Waals surface area (Å²) in [6.07, 6.45) is 0. The van der Waals surface area contributed by atoms with Crippen LogP contribution in [0, 0.1) is 0 Å². The molecule has 6 nitrogen and oxygen atoms in total. The van der Waals surface area contributed by atoms with E-state index in [9.17, 15) is 0 Å². The maximum Gasteiger partial charge on any atom is 0.265 e. The Morgan fingerprint density at radius 3 is 2.83 bits per heavy atom. The Hall–Kier alpha value is -2.32. The minimum atomic E-state index is 0.378. The zero-order chi connectivity index (χ0) is 16.7. The van der Waals surface area contributed by atoms with Crippen molar-refractivity contribution in [1.29, 1.82) is 0 Å². The molecular formula is C16H13BrN6S. The second kappa shape index (κ2) is 5.95. The molecule has 0 aliphatic heterocycles. The van der Waals surface area contributed by atoms with Crippen molar-refractivity contribution in [2.24, 2.45) is 12.1 Å². The van der Waals surface area contributed by atoms with Crippen LogP contribution in [0.4, 0.5) is 5.95 Å². The lowest BCUT2D eigenvalue weighted by atomic mass is 10.2. The van der Waals surface area contributed by atoms with Gasteiger partial charge in [-0.15, -0.1) is 21.5 Å². The summed E-state index contributed by atoms with van der Waals surface area (Å²) < 4.78 is 3.08. The summed E-state index contributed by atoms with van der Waals surface area (Å²) >= 11 is 5.08. The highest BCUT2D eigenvalue weighted by Crippen LogP contribution is 2.25. The lowest BCUT2D eigenvalue weighted by Crippen LogP contribution is -2.03. The molecule has 0 spiro atoms. The largest absolute Gasteiger partial charge is 0.327 e. The van der Waals surface area contributed by atoms with Crippen LogP contribution in [0.2, 0.25) is 0 Å². The molecule has 0 saturated heterocycles. The molecule has 1 N–H and O–H groups in total. The highest BCUT2D eigenvalue weighted by molar-refractivity contribution is 9.11. The van der Waals surface area contributed by atoms with Gasteiger partial charge in [0.1, 0.15) is 5.52 Å². The van der Waals surface area contributed by atoms with Crippen molar-refractivity contribution in [1.82, 2.24) is 19.7 Å². The number of aryl methyl sites for hydroxylation is 1. The van der Waals surface area contributed by atoms with Crippen molar-refractivity contribution in [3.05, 3.63) is 45.1 Å². The van der Waals surface area contributed by atoms with Gasteiger partial charge in [0.15, 0.2) is 5.65 Å². The Labute approximate surface area is 150 Å². The van der Waals surface area contributed by atoms with Gasteiger partial charge in [-0.2, -0.15) is 10.1 Å². The average Bonchev–Trinajstić information content (AvgIpc) is 3.16. The number of benzene rings is 1. The number of hydrogen-bond acceptors (Lipinski definition) is 6. The Morgan fingerprint density at radius 1 is 1.21 bits per heavy atom. The zero-order valence-electron chi connectivity index (χ0n) is 13.0. The molecule has 24 heavy (non-hydrogen) atoms. The van der Waals surface area contributed by atoms with Crippen LogP contribution in [0.3, 0.4) is 0 Å². The fourth-order valence-corrected chi connectivity index (χ4v) is 3.88. The first kappa shape index (κ1) is 15.2. The van der Waals surface area contributed by atoms with Crippen LogP contribution < -0.4 is 5.43 Å². The van der Waals surface area contributed by atoms with Crippen LogP contribution in [0.5, 0.6) is 0 Å². The van der Waals surface area contributed by atoms with Crippen molar-refractivity contribution in [2.75, 3.05) is 5.43 Å². The number of nitrogens with one attached hydrogen (secondary N) is 1. The van der Waals surface area contributed by atoms with Gasteiger partial charge in [0.25, 0.3) is 5.95 Å². The Bertz CT molecular complexity index is 1080. The molecule has 8 heteroatoms. The Morgan fingerprint density at radius 2 is 2.04 bits per heavy atom. The average molecular weight is 401 g/mol. The topological polar surface area (TPSA) is 68.0 Å². The summed E-state index contributed by atoms with van der Waals surface area (Å²) in [6.45, 7) is 1.94. The molecule has 0 aliphatic rings. The molecule has 0 bridgehead atoms. The Balaban J connectivity index is 1.70. The summed E-state index contributed by atoms with van der Waals surface area (Å²) in [6, 6.07) is 12.1. The number of para-hydroxylation sites is 1. The standard InChI is InChI=1S/C16H13BrN6S/c1-9(12-7-8-13(17)24-12)19-21-16-18-15-14(20-22-16)10-5-3-4-6-11(10)23(15)2/h3-8H,1-2H3,(H,18,21,22)/b19-9+. The van der Waals surface area contributed by atoms with Crippen molar-refractivity contribution in [2.45, 2.75) is 6.92 Å². The van der Waals surface area contributed by atoms with Gasteiger partial charge in [0, 0.05) is 12.4 Å². The number of aromatic nitrogens is 4. The van der Waals surface area contributed by atoms with Crippen molar-refractivity contribution >= 4 is 61.0 Å². The minimum absolute atomic E-state index is 0.378. The summed E-state index contributed by atoms with van der Waals surface area (Å²) in [5, 5.41) is 13.9. The maximum absolute atomic E-state index is 4.55. The van der Waals surface area contributed by atoms with E-state index in [1.807, 2.05) is 54.9 Å². The predicted octanol–water partition coefficient (Wildman–Crippen LogP) is 4.18. The smallest absolute Gasteiger partial charge is 0.265 e. The first-order chi connectivity index (χ1) is 11.6. The number of hydrazone groups is 1. The number of nitrogens with zero attached hydrogens (tertiary/aromatic N) is 5. The van der Waals surface area contributed by atoms with Gasteiger partial charge in [0.2, 0.25) is 0 Å². The lowest BCUT2D eigenvalue weighted by molar-refractivity contribution is 0.949. The minimum Gasteiger partial charge on any atom is -0.327 e. The molecule has 4 aromatic rings. The van der Waals surface area contributed by atoms with Crippen molar-refractivity contribution in [3.63, 3.8) is 0 Å². The first-order valence-corrected chi connectivity index (χ1v) is 8.88. The van der Waals surface area contributed by atoms with Crippen LogP contribution in [0.25, 0.3) is 22.1 Å². The quantitative estimate of drug-likeness (QED) is 0.413. The summed E-state index contributed by atoms with van der Waals surface area (Å²) in [5.41, 5.74) is 6.41. The summed E-state index contributed by atoms with van der Waals surface area (Å²) in [7, 11) is 1.97. The molecule has 120 valence electrons. The van der Waals surface area contributed by atoms with Gasteiger partial charge >= 0.3 is 0 Å². The number of rotatable bonds is 3. The third kappa shape index (κ3) is 2.57. The highest BCUT2D eigenvalue weighted by atomic mass is 79.9. The second-order valence-electron chi connectivity index (χ2n) is 5.30. The van der Waals surface area contributed by atoms with Gasteiger partial charge in [-0.05, 0) is 41.1 Å². The van der Waals surface area contributed by atoms with E-state index < -0.39 is 0 Å². The van der Waals surface area contributed by atoms with Crippen LogP contribution >= 0.6 is 27.3 Å². The molecule has 0 fully saturated rings. The van der Waals surface area contributed by atoms with Crippen LogP contribution in [0.1, 0.15) is 11.8 Å². The van der Waals surface area contributed by atoms with E-state index in [0.29, 0.717) is 5.95 Å². The van der Waals surface area contributed by atoms with E-state index in [-0.39, 0.29) is 0 Å². The monoisotopic (exact) mass is 400 g/mol. The molecule has 0 aliphatic carbocycles. The normalized spacial score (nSPS) is 12.2. The Kier molecular flexibility index (Phi) is 3.78. The molecular weight excluding hydrogens is 388 g/mol. The lowest BCUT2D eigenvalue weighted by Gasteiger charge is -2.01. The van der Waals surface area contributed by atoms with Crippen LogP contribution in [0.15, 0.2) is 45.3 Å². The van der Waals surface area contributed by atoms with Crippen LogP contribution in [-0.4, -0.2) is 25.5 Å². The highest BCUT2D eigenvalue weighted by Gasteiger charge is 2.12. The van der Waals surface area contributed by atoms with E-state index in [1.165, 1.54) is 0 Å². The summed E-state index contributed by atoms with van der Waals surface area (Å²) in [5.74, 6) is 0.378. The molecule has 0 saturated carbocycles. The van der Waals surface area contributed by atoms with Gasteiger partial charge in [-0.25, -0.2) is 5.43 Å². The third-order valence-corrected chi connectivity index (χ3v) is 5.49. The molecule has 0 atom stereocenters. The van der Waals surface area contributed by atoms with Crippen molar-refractivity contribution < 1.29 is 0 Å². The van der Waals surface area contributed by atoms with Gasteiger partial charge in [-0.1, -0.05) is 18.2 Å². The molecule has 0 amide bonds. The van der Waals surface area contributed by atoms with E-state index in [2.05, 4.69) is 41.6 Å². The van der Waals surface area contributed by atoms with E-state index >= 15 is 0 Å². The maximum atomic E-state index is 4.55. The fourth-order valence-electron chi connectivity index (χ4n) is 2.55. The first-order valence-electron chi connectivity index (χ1n) is 7.27. The SMILES string of the molecule is C/C(=N\Nc1nnc2c3ccccc3n(C)c2n1)c1ccc(Br)s1. The van der Waals surface area contributed by atoms with Crippen molar-refractivity contribution in [3.8, 4) is 0 Å². The molecule has 0 radical (unpaired) electrons. The molecule has 3 heterocycles. The predicted molar refractivity (Wildman–Crippen MR) is 102 cm³/mol. The van der Waals surface area contributed by atoms with Gasteiger partial charge < -0.3 is 4.57 Å². The number of hydrogen-bond donors (Lipinski definition) is 1. The van der Waals surface area contributed by atoms with Gasteiger partial charge in [-0.3, -0.25) is 0 Å². The number of fused-ring (bicyclic) bond motifs is 3. The molecule has 1 aromatic carbocycles. The molecule has 3 aromatic heterocycles. The van der Waals surface area contributed by atoms with E-state index in [0.717, 1.165) is 36.4 Å². The second-order valence-corrected chi connectivity index (χ2v) is 7.76. The molecule has 0 unspecified atom stereocenters. The van der Waals surface area contributed by atoms with Crippen LogP contribution in [-0.2, 0) is 7.05 Å². The fraction of sp³-hybridized carbons (Fsp3) is 0.125. The third-order valence-electron chi connectivity index (χ3n) is 3.76. The van der Waals surface area contributed by atoms with Gasteiger partial charge in [0.05, 0.1) is 19.9 Å². The van der Waals surface area contributed by atoms with E-state index in [4.69, 9.17) is 0 Å². The summed E-state index contributed by atoms with van der Waals surface area (Å²) in [4.78, 5) is 5.62.